The summed E-state index contributed by atoms with van der Waals surface area (Å²) in [6, 6.07) is 7.92. The molecule has 1 aliphatic heterocycles. The minimum absolute atomic E-state index is 0. The molecule has 5 heteroatoms. The number of rotatable bonds is 7. The summed E-state index contributed by atoms with van der Waals surface area (Å²) < 4.78 is 5.66. The molecular formula is C17H27ClN2O2. The highest BCUT2D eigenvalue weighted by Crippen LogP contribution is 2.17. The SMILES string of the molecule is Cc1ccccc1OCCNC(=O)CCC1CCNCC1.Cl. The molecule has 1 aromatic carbocycles. The van der Waals surface area contributed by atoms with E-state index in [1.807, 2.05) is 31.2 Å². The lowest BCUT2D eigenvalue weighted by molar-refractivity contribution is -0.121. The molecule has 0 radical (unpaired) electrons. The molecule has 0 saturated carbocycles. The zero-order chi connectivity index (χ0) is 14.9. The summed E-state index contributed by atoms with van der Waals surface area (Å²) in [5, 5.41) is 6.28. The molecule has 1 aromatic rings. The van der Waals surface area contributed by atoms with E-state index in [-0.39, 0.29) is 18.3 Å². The molecule has 22 heavy (non-hydrogen) atoms. The van der Waals surface area contributed by atoms with Gasteiger partial charge in [0.25, 0.3) is 0 Å². The summed E-state index contributed by atoms with van der Waals surface area (Å²) >= 11 is 0. The summed E-state index contributed by atoms with van der Waals surface area (Å²) in [6.07, 6.45) is 4.04. The first-order valence-electron chi connectivity index (χ1n) is 7.91. The van der Waals surface area contributed by atoms with Gasteiger partial charge >= 0.3 is 0 Å². The zero-order valence-electron chi connectivity index (χ0n) is 13.3. The number of ether oxygens (including phenoxy) is 1. The molecule has 0 aromatic heterocycles. The average molecular weight is 327 g/mol. The maximum atomic E-state index is 11.8. The Bertz CT molecular complexity index is 448. The Labute approximate surface area is 139 Å². The molecule has 4 nitrogen and oxygen atoms in total. The van der Waals surface area contributed by atoms with Gasteiger partial charge in [-0.05, 0) is 56.8 Å². The van der Waals surface area contributed by atoms with Crippen molar-refractivity contribution >= 4 is 18.3 Å². The van der Waals surface area contributed by atoms with Gasteiger partial charge in [0.2, 0.25) is 5.91 Å². The minimum Gasteiger partial charge on any atom is -0.491 e. The second-order valence-electron chi connectivity index (χ2n) is 5.70. The van der Waals surface area contributed by atoms with E-state index in [1.54, 1.807) is 0 Å². The molecule has 124 valence electrons. The van der Waals surface area contributed by atoms with Gasteiger partial charge in [-0.2, -0.15) is 0 Å². The molecule has 0 unspecified atom stereocenters. The van der Waals surface area contributed by atoms with Crippen LogP contribution in [0.5, 0.6) is 5.75 Å². The molecule has 1 amide bonds. The Kier molecular flexibility index (Phi) is 8.94. The van der Waals surface area contributed by atoms with E-state index in [0.29, 0.717) is 25.5 Å². The van der Waals surface area contributed by atoms with E-state index >= 15 is 0 Å². The van der Waals surface area contributed by atoms with Crippen LogP contribution in [0.25, 0.3) is 0 Å². The quantitative estimate of drug-likeness (QED) is 0.757. The van der Waals surface area contributed by atoms with Crippen molar-refractivity contribution in [1.82, 2.24) is 10.6 Å². The van der Waals surface area contributed by atoms with E-state index in [0.717, 1.165) is 30.8 Å². The van der Waals surface area contributed by atoms with Crippen molar-refractivity contribution in [3.8, 4) is 5.75 Å². The Hall–Kier alpha value is -1.26. The third-order valence-corrected chi connectivity index (χ3v) is 4.01. The van der Waals surface area contributed by atoms with Crippen LogP contribution in [0.4, 0.5) is 0 Å². The van der Waals surface area contributed by atoms with Crippen molar-refractivity contribution < 1.29 is 9.53 Å². The van der Waals surface area contributed by atoms with Gasteiger partial charge < -0.3 is 15.4 Å². The fourth-order valence-corrected chi connectivity index (χ4v) is 2.66. The summed E-state index contributed by atoms with van der Waals surface area (Å²) in [5.74, 6) is 1.74. The summed E-state index contributed by atoms with van der Waals surface area (Å²) in [6.45, 7) is 5.30. The van der Waals surface area contributed by atoms with Crippen LogP contribution in [0.2, 0.25) is 0 Å². The Morgan fingerprint density at radius 1 is 1.32 bits per heavy atom. The maximum absolute atomic E-state index is 11.8. The lowest BCUT2D eigenvalue weighted by Crippen LogP contribution is -2.30. The van der Waals surface area contributed by atoms with Crippen LogP contribution >= 0.6 is 12.4 Å². The summed E-state index contributed by atoms with van der Waals surface area (Å²) in [4.78, 5) is 11.8. The van der Waals surface area contributed by atoms with Gasteiger partial charge in [-0.15, -0.1) is 12.4 Å². The Morgan fingerprint density at radius 2 is 2.05 bits per heavy atom. The van der Waals surface area contributed by atoms with Gasteiger partial charge in [0.15, 0.2) is 0 Å². The van der Waals surface area contributed by atoms with Crippen LogP contribution in [0.15, 0.2) is 24.3 Å². The number of para-hydroxylation sites is 1. The molecule has 0 atom stereocenters. The minimum atomic E-state index is 0. The Balaban J connectivity index is 0.00000242. The van der Waals surface area contributed by atoms with E-state index in [9.17, 15) is 4.79 Å². The van der Waals surface area contributed by atoms with Crippen LogP contribution in [0.3, 0.4) is 0 Å². The molecule has 1 heterocycles. The van der Waals surface area contributed by atoms with Gasteiger partial charge in [-0.3, -0.25) is 4.79 Å². The number of hydrogen-bond donors (Lipinski definition) is 2. The molecule has 2 N–H and O–H groups in total. The number of carbonyl (C=O) groups excluding carboxylic acids is 1. The van der Waals surface area contributed by atoms with E-state index < -0.39 is 0 Å². The van der Waals surface area contributed by atoms with Crippen LogP contribution in [-0.2, 0) is 4.79 Å². The number of nitrogens with one attached hydrogen (secondary N) is 2. The second kappa shape index (κ2) is 10.5. The van der Waals surface area contributed by atoms with Gasteiger partial charge in [-0.1, -0.05) is 18.2 Å². The maximum Gasteiger partial charge on any atom is 0.220 e. The molecule has 0 aliphatic carbocycles. The van der Waals surface area contributed by atoms with Gasteiger partial charge in [0.1, 0.15) is 12.4 Å². The highest BCUT2D eigenvalue weighted by Gasteiger charge is 2.14. The number of halogens is 1. The standard InChI is InChI=1S/C17H26N2O2.ClH/c1-14-4-2-3-5-16(14)21-13-12-19-17(20)7-6-15-8-10-18-11-9-15;/h2-5,15,18H,6-13H2,1H3,(H,19,20);1H. The number of piperidine rings is 1. The fourth-order valence-electron chi connectivity index (χ4n) is 2.66. The van der Waals surface area contributed by atoms with Crippen molar-refractivity contribution in [2.45, 2.75) is 32.6 Å². The van der Waals surface area contributed by atoms with Crippen LogP contribution < -0.4 is 15.4 Å². The van der Waals surface area contributed by atoms with E-state index in [4.69, 9.17) is 4.74 Å². The predicted octanol–water partition coefficient (Wildman–Crippen LogP) is 2.69. The summed E-state index contributed by atoms with van der Waals surface area (Å²) in [5.41, 5.74) is 1.12. The highest BCUT2D eigenvalue weighted by atomic mass is 35.5. The van der Waals surface area contributed by atoms with Crippen molar-refractivity contribution in [2.75, 3.05) is 26.2 Å². The van der Waals surface area contributed by atoms with Gasteiger partial charge in [-0.25, -0.2) is 0 Å². The van der Waals surface area contributed by atoms with Crippen molar-refractivity contribution in [3.05, 3.63) is 29.8 Å². The molecule has 1 fully saturated rings. The van der Waals surface area contributed by atoms with E-state index in [1.165, 1.54) is 12.8 Å². The fraction of sp³-hybridized carbons (Fsp3) is 0.588. The van der Waals surface area contributed by atoms with Crippen molar-refractivity contribution in [1.29, 1.82) is 0 Å². The third kappa shape index (κ3) is 6.67. The lowest BCUT2D eigenvalue weighted by atomic mass is 9.93. The molecule has 0 spiro atoms. The highest BCUT2D eigenvalue weighted by molar-refractivity contribution is 5.85. The number of benzene rings is 1. The lowest BCUT2D eigenvalue weighted by Gasteiger charge is -2.22. The number of carbonyl (C=O) groups is 1. The number of aryl methyl sites for hydroxylation is 1. The van der Waals surface area contributed by atoms with Gasteiger partial charge in [0, 0.05) is 6.42 Å². The molecule has 1 saturated heterocycles. The molecule has 2 rings (SSSR count). The predicted molar refractivity (Wildman–Crippen MR) is 91.8 cm³/mol. The van der Waals surface area contributed by atoms with Crippen molar-refractivity contribution in [3.63, 3.8) is 0 Å². The first kappa shape index (κ1) is 18.8. The Morgan fingerprint density at radius 3 is 2.77 bits per heavy atom. The monoisotopic (exact) mass is 326 g/mol. The number of hydrogen-bond acceptors (Lipinski definition) is 3. The normalized spacial score (nSPS) is 15.0. The smallest absolute Gasteiger partial charge is 0.220 e. The molecule has 0 bridgehead atoms. The van der Waals surface area contributed by atoms with Crippen LogP contribution in [0.1, 0.15) is 31.2 Å². The molecule has 1 aliphatic rings. The zero-order valence-corrected chi connectivity index (χ0v) is 14.1. The summed E-state index contributed by atoms with van der Waals surface area (Å²) in [7, 11) is 0. The van der Waals surface area contributed by atoms with Gasteiger partial charge in [0.05, 0.1) is 6.54 Å². The first-order chi connectivity index (χ1) is 10.3. The van der Waals surface area contributed by atoms with Crippen LogP contribution in [-0.4, -0.2) is 32.1 Å². The topological polar surface area (TPSA) is 50.4 Å². The largest absolute Gasteiger partial charge is 0.491 e. The van der Waals surface area contributed by atoms with Crippen LogP contribution in [0, 0.1) is 12.8 Å². The van der Waals surface area contributed by atoms with E-state index in [2.05, 4.69) is 10.6 Å². The first-order valence-corrected chi connectivity index (χ1v) is 7.91. The second-order valence-corrected chi connectivity index (χ2v) is 5.70. The molecular weight excluding hydrogens is 300 g/mol. The number of amides is 1. The van der Waals surface area contributed by atoms with Crippen molar-refractivity contribution in [2.24, 2.45) is 5.92 Å². The average Bonchev–Trinajstić information content (AvgIpc) is 2.52. The third-order valence-electron chi connectivity index (χ3n) is 4.01.